The summed E-state index contributed by atoms with van der Waals surface area (Å²) in [6.07, 6.45) is 0. The van der Waals surface area contributed by atoms with Gasteiger partial charge in [-0.15, -0.1) is 0 Å². The summed E-state index contributed by atoms with van der Waals surface area (Å²) in [6.45, 7) is 0. The third-order valence-electron chi connectivity index (χ3n) is 7.88. The Balaban J connectivity index is 1.43. The summed E-state index contributed by atoms with van der Waals surface area (Å²) in [6, 6.07) is 35.9. The lowest BCUT2D eigenvalue weighted by Crippen LogP contribution is -2.32. The van der Waals surface area contributed by atoms with Gasteiger partial charge in [0.1, 0.15) is 0 Å². The van der Waals surface area contributed by atoms with E-state index in [0.717, 1.165) is 26.5 Å². The van der Waals surface area contributed by atoms with Crippen LogP contribution in [-0.2, 0) is 5.41 Å². The quantitative estimate of drug-likeness (QED) is 0.210. The van der Waals surface area contributed by atoms with E-state index in [4.69, 9.17) is 18.5 Å². The van der Waals surface area contributed by atoms with Crippen molar-refractivity contribution in [1.82, 2.24) is 0 Å². The monoisotopic (exact) mass is 539 g/mol. The van der Waals surface area contributed by atoms with Gasteiger partial charge in [-0.3, -0.25) is 0 Å². The van der Waals surface area contributed by atoms with Crippen molar-refractivity contribution in [3.8, 4) is 33.4 Å². The summed E-state index contributed by atoms with van der Waals surface area (Å²) in [4.78, 5) is 2.25. The molecular formula is C37H23ClS. The number of fused-ring (bicyclic) bond motifs is 9. The standard InChI is InChI=1S/C37H23ClS/c38-27-22-30(26-14-10-13-25(21-26)24-11-2-1-3-12-24)36-34(23-27)37(33-19-8-9-20-35(33)39-36)31-17-6-4-15-28(31)29-16-5-7-18-32(29)37/h1-23H/i1D,2D,3D,11D,12D. The van der Waals surface area contributed by atoms with Gasteiger partial charge in [-0.2, -0.15) is 0 Å². The molecule has 0 amide bonds. The van der Waals surface area contributed by atoms with Gasteiger partial charge in [-0.25, -0.2) is 0 Å². The molecule has 0 fully saturated rings. The normalized spacial score (nSPS) is 15.7. The molecule has 0 bridgehead atoms. The maximum absolute atomic E-state index is 8.56. The Morgan fingerprint density at radius 1 is 0.538 bits per heavy atom. The molecule has 0 atom stereocenters. The number of benzene rings is 6. The van der Waals surface area contributed by atoms with Crippen molar-refractivity contribution < 1.29 is 6.85 Å². The van der Waals surface area contributed by atoms with Crippen LogP contribution in [0.2, 0.25) is 5.02 Å². The Morgan fingerprint density at radius 3 is 1.92 bits per heavy atom. The average Bonchev–Trinajstić information content (AvgIpc) is 3.34. The highest BCUT2D eigenvalue weighted by Gasteiger charge is 2.50. The second-order valence-electron chi connectivity index (χ2n) is 9.85. The maximum atomic E-state index is 8.56. The lowest BCUT2D eigenvalue weighted by atomic mass is 9.67. The van der Waals surface area contributed by atoms with Crippen LogP contribution in [0.4, 0.5) is 0 Å². The largest absolute Gasteiger partial charge is 0.0887 e. The van der Waals surface area contributed by atoms with Crippen LogP contribution in [0.1, 0.15) is 29.1 Å². The van der Waals surface area contributed by atoms with E-state index in [1.165, 1.54) is 27.8 Å². The van der Waals surface area contributed by atoms with Crippen molar-refractivity contribution in [2.45, 2.75) is 15.2 Å². The van der Waals surface area contributed by atoms with Gasteiger partial charge < -0.3 is 0 Å². The van der Waals surface area contributed by atoms with Gasteiger partial charge >= 0.3 is 0 Å². The highest BCUT2D eigenvalue weighted by molar-refractivity contribution is 7.99. The molecule has 0 nitrogen and oxygen atoms in total. The molecule has 0 aromatic heterocycles. The fourth-order valence-electron chi connectivity index (χ4n) is 6.37. The van der Waals surface area contributed by atoms with Crippen LogP contribution >= 0.6 is 23.4 Å². The van der Waals surface area contributed by atoms with Gasteiger partial charge in [0.25, 0.3) is 0 Å². The molecule has 2 aliphatic rings. The Hall–Kier alpha value is -4.04. The lowest BCUT2D eigenvalue weighted by Gasteiger charge is -2.40. The minimum atomic E-state index is -0.575. The molecule has 0 radical (unpaired) electrons. The van der Waals surface area contributed by atoms with Crippen molar-refractivity contribution in [3.63, 3.8) is 0 Å². The van der Waals surface area contributed by atoms with E-state index < -0.39 is 11.5 Å². The predicted molar refractivity (Wildman–Crippen MR) is 164 cm³/mol. The van der Waals surface area contributed by atoms with E-state index in [2.05, 4.69) is 78.9 Å². The number of hydrogen-bond acceptors (Lipinski definition) is 1. The van der Waals surface area contributed by atoms with E-state index in [1.807, 2.05) is 24.3 Å². The molecule has 6 aromatic rings. The van der Waals surface area contributed by atoms with Crippen molar-refractivity contribution >= 4 is 23.4 Å². The van der Waals surface area contributed by atoms with Gasteiger partial charge in [0.2, 0.25) is 0 Å². The predicted octanol–water partition coefficient (Wildman–Crippen LogP) is 10.5. The summed E-state index contributed by atoms with van der Waals surface area (Å²) >= 11 is 8.72. The Morgan fingerprint density at radius 2 is 1.18 bits per heavy atom. The van der Waals surface area contributed by atoms with E-state index in [9.17, 15) is 0 Å². The third kappa shape index (κ3) is 3.27. The lowest BCUT2D eigenvalue weighted by molar-refractivity contribution is 0.723. The molecule has 0 saturated carbocycles. The second-order valence-corrected chi connectivity index (χ2v) is 11.3. The van der Waals surface area contributed by atoms with Gasteiger partial charge in [0, 0.05) is 14.8 Å². The molecule has 1 aliphatic heterocycles. The molecule has 184 valence electrons. The first-order chi connectivity index (χ1) is 21.3. The fraction of sp³-hybridized carbons (Fsp3) is 0.0270. The van der Waals surface area contributed by atoms with Gasteiger partial charge in [0.05, 0.1) is 12.3 Å². The van der Waals surface area contributed by atoms with Gasteiger partial charge in [-0.1, -0.05) is 139 Å². The summed E-state index contributed by atoms with van der Waals surface area (Å²) in [5.41, 5.74) is 9.13. The molecule has 0 unspecified atom stereocenters. The summed E-state index contributed by atoms with van der Waals surface area (Å²) < 4.78 is 41.6. The topological polar surface area (TPSA) is 0 Å². The van der Waals surface area contributed by atoms with Crippen molar-refractivity contribution in [1.29, 1.82) is 0 Å². The molecule has 1 heterocycles. The van der Waals surface area contributed by atoms with Crippen LogP contribution in [0.15, 0.2) is 149 Å². The van der Waals surface area contributed by atoms with E-state index in [-0.39, 0.29) is 29.7 Å². The second kappa shape index (κ2) is 8.74. The van der Waals surface area contributed by atoms with Crippen molar-refractivity contribution in [2.24, 2.45) is 0 Å². The molecule has 39 heavy (non-hydrogen) atoms. The van der Waals surface area contributed by atoms with E-state index >= 15 is 0 Å². The Labute approximate surface area is 245 Å². The minimum absolute atomic E-state index is 0.182. The minimum Gasteiger partial charge on any atom is -0.0887 e. The fourth-order valence-corrected chi connectivity index (χ4v) is 7.89. The zero-order chi connectivity index (χ0) is 30.3. The van der Waals surface area contributed by atoms with Gasteiger partial charge in [-0.05, 0) is 79.9 Å². The van der Waals surface area contributed by atoms with Crippen LogP contribution in [0.25, 0.3) is 33.4 Å². The van der Waals surface area contributed by atoms with Crippen molar-refractivity contribution in [3.05, 3.63) is 167 Å². The molecular weight excluding hydrogens is 512 g/mol. The first kappa shape index (κ1) is 18.3. The highest BCUT2D eigenvalue weighted by Crippen LogP contribution is 2.63. The van der Waals surface area contributed by atoms with Gasteiger partial charge in [0.15, 0.2) is 0 Å². The molecule has 0 N–H and O–H groups in total. The van der Waals surface area contributed by atoms with E-state index in [1.54, 1.807) is 17.8 Å². The van der Waals surface area contributed by atoms with Crippen LogP contribution in [-0.4, -0.2) is 0 Å². The third-order valence-corrected chi connectivity index (χ3v) is 9.31. The molecule has 2 heteroatoms. The number of hydrogen-bond donors (Lipinski definition) is 0. The molecule has 1 aliphatic carbocycles. The van der Waals surface area contributed by atoms with Crippen LogP contribution in [0, 0.1) is 0 Å². The first-order valence-corrected chi connectivity index (χ1v) is 14.0. The zero-order valence-electron chi connectivity index (χ0n) is 25.7. The van der Waals surface area contributed by atoms with Crippen LogP contribution < -0.4 is 0 Å². The number of rotatable bonds is 2. The Kier molecular flexibility index (Phi) is 4.10. The summed E-state index contributed by atoms with van der Waals surface area (Å²) in [5.74, 6) is 0. The van der Waals surface area contributed by atoms with Crippen molar-refractivity contribution in [2.75, 3.05) is 0 Å². The van der Waals surface area contributed by atoms with Crippen LogP contribution in [0.3, 0.4) is 0 Å². The maximum Gasteiger partial charge on any atom is 0.0736 e. The SMILES string of the molecule is [2H]c1c([2H])c([2H])c(-c2cccc(-c3cc(Cl)cc4c3Sc3ccccc3C43c4ccccc4-c4ccccc43)c2)c([2H])c1[2H]. The summed E-state index contributed by atoms with van der Waals surface area (Å²) in [5, 5.41) is 0.605. The highest BCUT2D eigenvalue weighted by atomic mass is 35.5. The molecule has 1 spiro atoms. The molecule has 0 saturated heterocycles. The average molecular weight is 540 g/mol. The van der Waals surface area contributed by atoms with Crippen LogP contribution in [0.5, 0.6) is 0 Å². The molecule has 6 aromatic carbocycles. The smallest absolute Gasteiger partial charge is 0.0736 e. The zero-order valence-corrected chi connectivity index (χ0v) is 22.3. The first-order valence-electron chi connectivity index (χ1n) is 15.3. The molecule has 8 rings (SSSR count). The summed E-state index contributed by atoms with van der Waals surface area (Å²) in [7, 11) is 0. The number of halogens is 1. The van der Waals surface area contributed by atoms with E-state index in [0.29, 0.717) is 10.6 Å². The Bertz CT molecular complexity index is 2120.